The zero-order valence-electron chi connectivity index (χ0n) is 27.4. The summed E-state index contributed by atoms with van der Waals surface area (Å²) in [5, 5.41) is 3.01. The summed E-state index contributed by atoms with van der Waals surface area (Å²) in [4.78, 5) is 64.4. The molecule has 2 amide bonds. The highest BCUT2D eigenvalue weighted by Gasteiger charge is 2.35. The minimum Gasteiger partial charge on any atom is -0.486 e. The molecule has 2 aromatic heterocycles. The third-order valence-corrected chi connectivity index (χ3v) is 9.47. The van der Waals surface area contributed by atoms with Crippen molar-refractivity contribution in [2.75, 3.05) is 6.61 Å². The van der Waals surface area contributed by atoms with Crippen LogP contribution in [0.15, 0.2) is 94.5 Å². The van der Waals surface area contributed by atoms with Gasteiger partial charge >= 0.3 is 5.69 Å². The van der Waals surface area contributed by atoms with Crippen LogP contribution < -0.4 is 15.7 Å². The van der Waals surface area contributed by atoms with Gasteiger partial charge in [-0.2, -0.15) is 0 Å². The maximum atomic E-state index is 14.2. The summed E-state index contributed by atoms with van der Waals surface area (Å²) in [5.41, 5.74) is 3.61. The number of amides is 2. The number of carbonyl (C=O) groups excluding carboxylic acids is 3. The number of imidazole rings is 1. The van der Waals surface area contributed by atoms with Crippen molar-refractivity contribution in [3.63, 3.8) is 0 Å². The summed E-state index contributed by atoms with van der Waals surface area (Å²) in [6.07, 6.45) is 3.68. The van der Waals surface area contributed by atoms with Gasteiger partial charge in [-0.05, 0) is 73.5 Å². The molecule has 1 atom stereocenters. The quantitative estimate of drug-likeness (QED) is 0.202. The fourth-order valence-corrected chi connectivity index (χ4v) is 6.10. The van der Waals surface area contributed by atoms with Crippen LogP contribution in [0.2, 0.25) is 0 Å². The Hall–Kier alpha value is -5.36. The molecule has 1 aliphatic rings. The van der Waals surface area contributed by atoms with Crippen molar-refractivity contribution in [2.45, 2.75) is 52.9 Å². The maximum Gasteiger partial charge on any atom is 0.333 e. The first kappa shape index (κ1) is 33.5. The highest BCUT2D eigenvalue weighted by molar-refractivity contribution is 9.10. The summed E-state index contributed by atoms with van der Waals surface area (Å²) in [7, 11) is 0. The molecule has 0 saturated carbocycles. The Balaban J connectivity index is 1.38. The number of rotatable bonds is 10. The number of Topliss-reactive ketones (excluding diaryl/α,β-unsaturated/α-hetero) is 1. The molecule has 3 aromatic carbocycles. The van der Waals surface area contributed by atoms with Gasteiger partial charge < -0.3 is 15.0 Å². The fraction of sp³-hybridized carbons (Fsp3) is 0.243. The van der Waals surface area contributed by atoms with Crippen LogP contribution >= 0.6 is 15.9 Å². The van der Waals surface area contributed by atoms with Crippen LogP contribution in [0, 0.1) is 6.92 Å². The molecule has 0 spiro atoms. The Morgan fingerprint density at radius 2 is 1.73 bits per heavy atom. The third-order valence-electron chi connectivity index (χ3n) is 8.58. The van der Waals surface area contributed by atoms with Gasteiger partial charge in [0.25, 0.3) is 11.8 Å². The smallest absolute Gasteiger partial charge is 0.333 e. The predicted octanol–water partition coefficient (Wildman–Crippen LogP) is 5.50. The van der Waals surface area contributed by atoms with Crippen molar-refractivity contribution in [3.05, 3.63) is 128 Å². The van der Waals surface area contributed by atoms with E-state index in [4.69, 9.17) is 4.74 Å². The van der Waals surface area contributed by atoms with Crippen LogP contribution in [0.4, 0.5) is 0 Å². The summed E-state index contributed by atoms with van der Waals surface area (Å²) >= 11 is 3.50. The lowest BCUT2D eigenvalue weighted by Crippen LogP contribution is -2.47. The first-order valence-electron chi connectivity index (χ1n) is 16.0. The van der Waals surface area contributed by atoms with Gasteiger partial charge in [0.1, 0.15) is 18.1 Å². The maximum absolute atomic E-state index is 14.2. The second kappa shape index (κ2) is 14.4. The molecule has 1 N–H and O–H groups in total. The molecule has 5 aromatic rings. The molecule has 6 rings (SSSR count). The molecule has 0 bridgehead atoms. The van der Waals surface area contributed by atoms with E-state index in [2.05, 4.69) is 31.2 Å². The van der Waals surface area contributed by atoms with Crippen molar-refractivity contribution in [1.82, 2.24) is 29.3 Å². The van der Waals surface area contributed by atoms with E-state index in [1.807, 2.05) is 50.2 Å². The SMILES string of the molecule is CCC(=O)COc1ccc(-n2c(C(=O)NCc3ccccc3-c3ncccn3)c3n(c2=O)C[C@@H](C)N(C(=O)c2ccc(Br)c(C)c2)C3)cc1. The van der Waals surface area contributed by atoms with Crippen LogP contribution in [-0.2, 0) is 24.4 Å². The van der Waals surface area contributed by atoms with Gasteiger partial charge in [0.05, 0.1) is 17.9 Å². The molecule has 3 heterocycles. The fourth-order valence-electron chi connectivity index (χ4n) is 5.85. The van der Waals surface area contributed by atoms with Gasteiger partial charge in [-0.3, -0.25) is 23.5 Å². The van der Waals surface area contributed by atoms with Crippen LogP contribution in [0.5, 0.6) is 5.75 Å². The topological polar surface area (TPSA) is 128 Å². The highest BCUT2D eigenvalue weighted by atomic mass is 79.9. The number of fused-ring (bicyclic) bond motifs is 1. The largest absolute Gasteiger partial charge is 0.486 e. The Bertz CT molecular complexity index is 2090. The Kier molecular flexibility index (Phi) is 9.86. The zero-order valence-corrected chi connectivity index (χ0v) is 28.9. The standard InChI is InChI=1S/C37H35BrN6O5/c1-4-28(45)22-49-29-13-11-27(12-14-29)44-33(35(46)41-19-26-8-5-6-9-30(26)34-39-16-7-17-40-34)32-21-42(24(3)20-43(32)37(44)48)36(47)25-10-15-31(38)23(2)18-25/h5-18,24H,4,19-22H2,1-3H3,(H,41,46)/t24-/m1/s1. The number of aromatic nitrogens is 4. The summed E-state index contributed by atoms with van der Waals surface area (Å²) in [6, 6.07) is 21.0. The number of hydrogen-bond donors (Lipinski definition) is 1. The molecule has 0 saturated heterocycles. The lowest BCUT2D eigenvalue weighted by molar-refractivity contribution is -0.120. The first-order chi connectivity index (χ1) is 23.7. The van der Waals surface area contributed by atoms with Crippen molar-refractivity contribution < 1.29 is 19.1 Å². The molecular formula is C37H35BrN6O5. The third kappa shape index (κ3) is 6.95. The van der Waals surface area contributed by atoms with Gasteiger partial charge in [-0.15, -0.1) is 0 Å². The minimum atomic E-state index is -0.482. The van der Waals surface area contributed by atoms with Gasteiger partial charge in [-0.1, -0.05) is 47.1 Å². The van der Waals surface area contributed by atoms with Crippen molar-refractivity contribution in [3.8, 4) is 22.8 Å². The number of halogens is 1. The van der Waals surface area contributed by atoms with E-state index in [0.29, 0.717) is 34.9 Å². The number of ketones is 1. The van der Waals surface area contributed by atoms with Crippen LogP contribution in [0.3, 0.4) is 0 Å². The van der Waals surface area contributed by atoms with E-state index in [9.17, 15) is 19.2 Å². The van der Waals surface area contributed by atoms with E-state index >= 15 is 0 Å². The molecule has 11 nitrogen and oxygen atoms in total. The zero-order chi connectivity index (χ0) is 34.7. The average Bonchev–Trinajstić information content (AvgIpc) is 3.41. The van der Waals surface area contributed by atoms with Gasteiger partial charge in [0.15, 0.2) is 11.6 Å². The van der Waals surface area contributed by atoms with Crippen LogP contribution in [-0.4, -0.2) is 54.2 Å². The van der Waals surface area contributed by atoms with E-state index in [1.165, 1.54) is 4.57 Å². The van der Waals surface area contributed by atoms with E-state index in [-0.39, 0.29) is 49.7 Å². The molecule has 12 heteroatoms. The molecule has 0 radical (unpaired) electrons. The van der Waals surface area contributed by atoms with E-state index in [1.54, 1.807) is 65.2 Å². The first-order valence-corrected chi connectivity index (χ1v) is 16.8. The van der Waals surface area contributed by atoms with Crippen LogP contribution in [0.25, 0.3) is 17.1 Å². The average molecular weight is 724 g/mol. The Morgan fingerprint density at radius 3 is 2.45 bits per heavy atom. The number of carbonyl (C=O) groups is 3. The van der Waals surface area contributed by atoms with Gasteiger partial charge in [0, 0.05) is 53.5 Å². The lowest BCUT2D eigenvalue weighted by Gasteiger charge is -2.34. The second-order valence-corrected chi connectivity index (χ2v) is 12.7. The van der Waals surface area contributed by atoms with E-state index in [0.717, 1.165) is 21.2 Å². The van der Waals surface area contributed by atoms with Crippen LogP contribution in [0.1, 0.15) is 57.9 Å². The van der Waals surface area contributed by atoms with Gasteiger partial charge in [0.2, 0.25) is 0 Å². The molecular weight excluding hydrogens is 688 g/mol. The predicted molar refractivity (Wildman–Crippen MR) is 188 cm³/mol. The number of benzene rings is 3. The Morgan fingerprint density at radius 1 is 1.00 bits per heavy atom. The van der Waals surface area contributed by atoms with Crippen molar-refractivity contribution in [1.29, 1.82) is 0 Å². The number of aryl methyl sites for hydroxylation is 1. The monoisotopic (exact) mass is 722 g/mol. The highest BCUT2D eigenvalue weighted by Crippen LogP contribution is 2.27. The molecule has 0 unspecified atom stereocenters. The summed E-state index contributed by atoms with van der Waals surface area (Å²) in [5.74, 6) is 0.278. The molecule has 1 aliphatic heterocycles. The summed E-state index contributed by atoms with van der Waals surface area (Å²) < 4.78 is 9.46. The number of ether oxygens (including phenoxy) is 1. The molecule has 250 valence electrons. The van der Waals surface area contributed by atoms with Crippen molar-refractivity contribution in [2.24, 2.45) is 0 Å². The van der Waals surface area contributed by atoms with Crippen molar-refractivity contribution >= 4 is 33.5 Å². The second-order valence-electron chi connectivity index (χ2n) is 11.9. The molecule has 0 fully saturated rings. The minimum absolute atomic E-state index is 0.0358. The normalized spacial score (nSPS) is 13.9. The Labute approximate surface area is 291 Å². The molecule has 0 aliphatic carbocycles. The number of nitrogens with zero attached hydrogens (tertiary/aromatic N) is 5. The number of nitrogens with one attached hydrogen (secondary N) is 1. The van der Waals surface area contributed by atoms with Gasteiger partial charge in [-0.25, -0.2) is 14.8 Å². The summed E-state index contributed by atoms with van der Waals surface area (Å²) in [6.45, 7) is 5.92. The number of hydrogen-bond acceptors (Lipinski definition) is 7. The lowest BCUT2D eigenvalue weighted by atomic mass is 10.1. The van der Waals surface area contributed by atoms with E-state index < -0.39 is 11.6 Å². The molecule has 49 heavy (non-hydrogen) atoms.